The van der Waals surface area contributed by atoms with Crippen molar-refractivity contribution in [3.8, 4) is 5.75 Å². The summed E-state index contributed by atoms with van der Waals surface area (Å²) in [7, 11) is 0. The zero-order chi connectivity index (χ0) is 12.9. The third-order valence-electron chi connectivity index (χ3n) is 3.51. The second-order valence-corrected chi connectivity index (χ2v) is 4.53. The van der Waals surface area contributed by atoms with Crippen molar-refractivity contribution >= 4 is 11.7 Å². The number of ketones is 1. The van der Waals surface area contributed by atoms with Crippen LogP contribution in [-0.2, 0) is 10.2 Å². The Morgan fingerprint density at radius 1 is 1.39 bits per heavy atom. The van der Waals surface area contributed by atoms with Gasteiger partial charge in [-0.15, -0.1) is 0 Å². The maximum absolute atomic E-state index is 12.1. The molecule has 3 rings (SSSR count). The van der Waals surface area contributed by atoms with E-state index in [4.69, 9.17) is 10.5 Å². The third-order valence-corrected chi connectivity index (χ3v) is 3.51. The number of para-hydroxylation sites is 1. The Bertz CT molecular complexity index is 642. The first-order valence-electron chi connectivity index (χ1n) is 5.59. The third kappa shape index (κ3) is 1.14. The molecule has 1 aliphatic heterocycles. The summed E-state index contributed by atoms with van der Waals surface area (Å²) in [6, 6.07) is 5.10. The van der Waals surface area contributed by atoms with E-state index in [0.29, 0.717) is 22.6 Å². The van der Waals surface area contributed by atoms with Gasteiger partial charge in [-0.1, -0.05) is 18.2 Å². The van der Waals surface area contributed by atoms with E-state index in [2.05, 4.69) is 0 Å². The molecule has 2 aliphatic rings. The number of amides is 1. The highest BCUT2D eigenvalue weighted by Crippen LogP contribution is 2.48. The lowest BCUT2D eigenvalue weighted by molar-refractivity contribution is -0.118. The monoisotopic (exact) mass is 241 g/mol. The van der Waals surface area contributed by atoms with Crippen LogP contribution in [0.1, 0.15) is 22.8 Å². The quantitative estimate of drug-likeness (QED) is 0.809. The summed E-state index contributed by atoms with van der Waals surface area (Å²) < 4.78 is 5.66. The van der Waals surface area contributed by atoms with Gasteiger partial charge >= 0.3 is 0 Å². The molecule has 18 heavy (non-hydrogen) atoms. The minimum atomic E-state index is -0.838. The highest BCUT2D eigenvalue weighted by Gasteiger charge is 2.48. The Balaban J connectivity index is 2.29. The number of carbonyl (C=O) groups is 2. The van der Waals surface area contributed by atoms with Crippen molar-refractivity contribution in [1.29, 1.82) is 0 Å². The van der Waals surface area contributed by atoms with E-state index in [1.54, 1.807) is 37.3 Å². The van der Waals surface area contributed by atoms with Gasteiger partial charge < -0.3 is 10.5 Å². The van der Waals surface area contributed by atoms with Crippen molar-refractivity contribution in [2.24, 2.45) is 5.73 Å². The van der Waals surface area contributed by atoms with Crippen LogP contribution in [0.3, 0.4) is 0 Å². The molecule has 4 heteroatoms. The summed E-state index contributed by atoms with van der Waals surface area (Å²) in [4.78, 5) is 23.5. The van der Waals surface area contributed by atoms with Crippen LogP contribution in [0.15, 0.2) is 42.2 Å². The highest BCUT2D eigenvalue weighted by atomic mass is 16.5. The lowest BCUT2D eigenvalue weighted by Crippen LogP contribution is -2.32. The molecular formula is C14H11NO3. The molecule has 1 atom stereocenters. The number of hydrogen-bond acceptors (Lipinski definition) is 3. The number of benzene rings is 1. The fourth-order valence-electron chi connectivity index (χ4n) is 2.42. The van der Waals surface area contributed by atoms with Crippen molar-refractivity contribution in [3.63, 3.8) is 0 Å². The van der Waals surface area contributed by atoms with Gasteiger partial charge in [0.1, 0.15) is 16.9 Å². The number of nitrogens with two attached hydrogens (primary N) is 1. The van der Waals surface area contributed by atoms with Crippen LogP contribution < -0.4 is 10.5 Å². The van der Waals surface area contributed by atoms with Crippen LogP contribution in [-0.4, -0.2) is 11.7 Å². The molecule has 4 nitrogen and oxygen atoms in total. The highest BCUT2D eigenvalue weighted by molar-refractivity contribution is 6.05. The lowest BCUT2D eigenvalue weighted by atomic mass is 9.75. The van der Waals surface area contributed by atoms with Crippen molar-refractivity contribution in [2.75, 3.05) is 0 Å². The Morgan fingerprint density at radius 3 is 2.89 bits per heavy atom. The lowest BCUT2D eigenvalue weighted by Gasteiger charge is -2.23. The number of fused-ring (bicyclic) bond motifs is 3. The van der Waals surface area contributed by atoms with Crippen molar-refractivity contribution in [2.45, 2.75) is 12.3 Å². The maximum atomic E-state index is 12.1. The normalized spacial score (nSPS) is 24.1. The maximum Gasteiger partial charge on any atom is 0.252 e. The zero-order valence-corrected chi connectivity index (χ0v) is 9.77. The molecule has 1 aromatic carbocycles. The van der Waals surface area contributed by atoms with E-state index in [-0.39, 0.29) is 5.78 Å². The first kappa shape index (κ1) is 10.8. The Labute approximate surface area is 104 Å². The smallest absolute Gasteiger partial charge is 0.252 e. The number of allylic oxidation sites excluding steroid dienone is 4. The largest absolute Gasteiger partial charge is 0.459 e. The molecule has 90 valence electrons. The minimum Gasteiger partial charge on any atom is -0.459 e. The average Bonchev–Trinajstić information content (AvgIpc) is 2.64. The Kier molecular flexibility index (Phi) is 1.99. The van der Waals surface area contributed by atoms with Crippen LogP contribution in [0.25, 0.3) is 0 Å². The van der Waals surface area contributed by atoms with Crippen molar-refractivity contribution in [3.05, 3.63) is 53.3 Å². The number of ether oxygens (including phenoxy) is 1. The average molecular weight is 241 g/mol. The number of rotatable bonds is 1. The van der Waals surface area contributed by atoms with Crippen molar-refractivity contribution < 1.29 is 14.3 Å². The van der Waals surface area contributed by atoms with Gasteiger partial charge in [0.05, 0.1) is 5.56 Å². The van der Waals surface area contributed by atoms with Crippen LogP contribution >= 0.6 is 0 Å². The van der Waals surface area contributed by atoms with E-state index in [9.17, 15) is 9.59 Å². The SMILES string of the molecule is CC12C(=O)C=CC=C1Oc1c(C(N)=O)cccc12. The molecule has 0 fully saturated rings. The van der Waals surface area contributed by atoms with E-state index in [0.717, 1.165) is 0 Å². The first-order chi connectivity index (χ1) is 8.55. The fourth-order valence-corrected chi connectivity index (χ4v) is 2.42. The van der Waals surface area contributed by atoms with Crippen molar-refractivity contribution in [1.82, 2.24) is 0 Å². The summed E-state index contributed by atoms with van der Waals surface area (Å²) in [5.74, 6) is 0.324. The van der Waals surface area contributed by atoms with Gasteiger partial charge in [0.2, 0.25) is 0 Å². The molecular weight excluding hydrogens is 230 g/mol. The molecule has 1 unspecified atom stereocenters. The molecule has 1 amide bonds. The van der Waals surface area contributed by atoms with Gasteiger partial charge in [0, 0.05) is 5.56 Å². The summed E-state index contributed by atoms with van der Waals surface area (Å²) in [5, 5.41) is 0. The predicted octanol–water partition coefficient (Wildman–Crippen LogP) is 1.46. The van der Waals surface area contributed by atoms with E-state index in [1.165, 1.54) is 6.08 Å². The van der Waals surface area contributed by atoms with E-state index in [1.807, 2.05) is 0 Å². The molecule has 0 saturated carbocycles. The Morgan fingerprint density at radius 2 is 2.17 bits per heavy atom. The molecule has 0 aromatic heterocycles. The second-order valence-electron chi connectivity index (χ2n) is 4.53. The molecule has 0 saturated heterocycles. The predicted molar refractivity (Wildman–Crippen MR) is 65.2 cm³/mol. The van der Waals surface area contributed by atoms with Crippen LogP contribution in [0.2, 0.25) is 0 Å². The van der Waals surface area contributed by atoms with Crippen LogP contribution in [0.4, 0.5) is 0 Å². The Hall–Kier alpha value is -2.36. The number of carbonyl (C=O) groups excluding carboxylic acids is 2. The van der Waals surface area contributed by atoms with Gasteiger partial charge in [-0.3, -0.25) is 9.59 Å². The molecule has 2 N–H and O–H groups in total. The standard InChI is InChI=1S/C14H11NO3/c1-14-9-5-2-4-8(13(15)17)12(9)18-11(14)7-3-6-10(14)16/h2-7H,1H3,(H2,15,17). The molecule has 1 heterocycles. The summed E-state index contributed by atoms with van der Waals surface area (Å²) >= 11 is 0. The van der Waals surface area contributed by atoms with Crippen LogP contribution in [0, 0.1) is 0 Å². The molecule has 1 aliphatic carbocycles. The van der Waals surface area contributed by atoms with Gasteiger partial charge in [0.25, 0.3) is 5.91 Å². The van der Waals surface area contributed by atoms with E-state index < -0.39 is 11.3 Å². The first-order valence-corrected chi connectivity index (χ1v) is 5.59. The van der Waals surface area contributed by atoms with E-state index >= 15 is 0 Å². The van der Waals surface area contributed by atoms with Gasteiger partial charge in [-0.05, 0) is 25.1 Å². The zero-order valence-electron chi connectivity index (χ0n) is 9.77. The van der Waals surface area contributed by atoms with Gasteiger partial charge in [-0.25, -0.2) is 0 Å². The topological polar surface area (TPSA) is 69.4 Å². The fraction of sp³-hybridized carbons (Fsp3) is 0.143. The molecule has 1 aromatic rings. The summed E-state index contributed by atoms with van der Waals surface area (Å²) in [6.45, 7) is 1.79. The summed E-state index contributed by atoms with van der Waals surface area (Å²) in [5.41, 5.74) is 5.47. The molecule has 0 spiro atoms. The number of primary amides is 1. The van der Waals surface area contributed by atoms with Crippen LogP contribution in [0.5, 0.6) is 5.75 Å². The number of hydrogen-bond donors (Lipinski definition) is 1. The molecule has 0 bridgehead atoms. The van der Waals surface area contributed by atoms with Gasteiger partial charge in [0.15, 0.2) is 5.78 Å². The molecule has 0 radical (unpaired) electrons. The summed E-state index contributed by atoms with van der Waals surface area (Å²) in [6.07, 6.45) is 4.90. The van der Waals surface area contributed by atoms with Gasteiger partial charge in [-0.2, -0.15) is 0 Å². The second kappa shape index (κ2) is 3.32. The minimum absolute atomic E-state index is 0.0552.